The van der Waals surface area contributed by atoms with E-state index in [0.29, 0.717) is 11.8 Å². The number of aliphatic hydroxyl groups is 1. The second-order valence-corrected chi connectivity index (χ2v) is 3.20. The van der Waals surface area contributed by atoms with Gasteiger partial charge in [0.1, 0.15) is 0 Å². The van der Waals surface area contributed by atoms with E-state index in [1.54, 1.807) is 0 Å². The summed E-state index contributed by atoms with van der Waals surface area (Å²) in [5.74, 6) is 0.805. The van der Waals surface area contributed by atoms with Gasteiger partial charge in [-0.1, -0.05) is 26.0 Å². The Morgan fingerprint density at radius 2 is 2.11 bits per heavy atom. The van der Waals surface area contributed by atoms with Crippen molar-refractivity contribution < 1.29 is 5.11 Å². The van der Waals surface area contributed by atoms with Crippen LogP contribution in [0.5, 0.6) is 0 Å². The van der Waals surface area contributed by atoms with Crippen molar-refractivity contribution in [3.63, 3.8) is 0 Å². The Kier molecular flexibility index (Phi) is 1.62. The highest BCUT2D eigenvalue weighted by atomic mass is 16.3. The van der Waals surface area contributed by atoms with E-state index in [9.17, 15) is 5.11 Å². The molecule has 0 unspecified atom stereocenters. The molecule has 0 radical (unpaired) electrons. The Morgan fingerprint density at radius 1 is 1.67 bits per heavy atom. The zero-order chi connectivity index (χ0) is 7.02. The topological polar surface area (TPSA) is 20.2 Å². The van der Waals surface area contributed by atoms with Crippen LogP contribution in [0.25, 0.3) is 0 Å². The average molecular weight is 126 g/mol. The molecular weight excluding hydrogens is 112 g/mol. The summed E-state index contributed by atoms with van der Waals surface area (Å²) in [5, 5.41) is 9.38. The minimum atomic E-state index is -0.141. The molecular formula is C8H14O. The summed E-state index contributed by atoms with van der Waals surface area (Å²) in [5.41, 5.74) is 1.22. The third-order valence-electron chi connectivity index (χ3n) is 1.94. The van der Waals surface area contributed by atoms with Crippen molar-refractivity contribution in [1.29, 1.82) is 0 Å². The Labute approximate surface area is 56.4 Å². The molecule has 0 heterocycles. The largest absolute Gasteiger partial charge is 0.392 e. The zero-order valence-electron chi connectivity index (χ0n) is 6.09. The van der Waals surface area contributed by atoms with Crippen molar-refractivity contribution in [3.8, 4) is 0 Å². The van der Waals surface area contributed by atoms with Gasteiger partial charge in [0, 0.05) is 5.92 Å². The molecule has 0 aromatic rings. The second-order valence-electron chi connectivity index (χ2n) is 3.20. The maximum atomic E-state index is 9.38. The van der Waals surface area contributed by atoms with Gasteiger partial charge < -0.3 is 5.11 Å². The first kappa shape index (κ1) is 6.81. The highest BCUT2D eigenvalue weighted by molar-refractivity contribution is 5.21. The fraction of sp³-hybridized carbons (Fsp3) is 0.750. The summed E-state index contributed by atoms with van der Waals surface area (Å²) in [6.07, 6.45) is 0.900. The molecule has 1 fully saturated rings. The van der Waals surface area contributed by atoms with E-state index >= 15 is 0 Å². The smallest absolute Gasteiger partial charge is 0.0631 e. The van der Waals surface area contributed by atoms with Gasteiger partial charge in [-0.2, -0.15) is 0 Å². The lowest BCUT2D eigenvalue weighted by Gasteiger charge is -2.11. The fourth-order valence-corrected chi connectivity index (χ4v) is 1.05. The molecule has 0 saturated heterocycles. The summed E-state index contributed by atoms with van der Waals surface area (Å²) >= 11 is 0. The van der Waals surface area contributed by atoms with Crippen LogP contribution in [0, 0.1) is 11.8 Å². The summed E-state index contributed by atoms with van der Waals surface area (Å²) in [6.45, 7) is 7.87. The molecule has 1 saturated carbocycles. The summed E-state index contributed by atoms with van der Waals surface area (Å²) in [4.78, 5) is 0. The van der Waals surface area contributed by atoms with Crippen LogP contribution in [-0.2, 0) is 0 Å². The lowest BCUT2D eigenvalue weighted by molar-refractivity contribution is 0.108. The molecule has 0 aromatic carbocycles. The molecule has 0 aromatic heterocycles. The maximum absolute atomic E-state index is 9.38. The first-order valence-electron chi connectivity index (χ1n) is 3.48. The molecule has 0 amide bonds. The van der Waals surface area contributed by atoms with Crippen LogP contribution in [0.3, 0.4) is 0 Å². The van der Waals surface area contributed by atoms with E-state index < -0.39 is 0 Å². The number of hydrogen-bond acceptors (Lipinski definition) is 1. The molecule has 1 heteroatoms. The highest BCUT2D eigenvalue weighted by Crippen LogP contribution is 2.40. The van der Waals surface area contributed by atoms with Crippen LogP contribution in [0.1, 0.15) is 20.3 Å². The summed E-state index contributed by atoms with van der Waals surface area (Å²) in [6, 6.07) is 0. The molecule has 1 nitrogen and oxygen atoms in total. The van der Waals surface area contributed by atoms with Crippen molar-refractivity contribution in [3.05, 3.63) is 12.2 Å². The molecule has 0 spiro atoms. The molecule has 52 valence electrons. The second kappa shape index (κ2) is 2.14. The number of rotatable bonds is 2. The van der Waals surface area contributed by atoms with Gasteiger partial charge in [0.25, 0.3) is 0 Å². The Bertz CT molecular complexity index is 127. The Morgan fingerprint density at radius 3 is 2.22 bits per heavy atom. The number of aliphatic hydroxyl groups excluding tert-OH is 1. The van der Waals surface area contributed by atoms with Gasteiger partial charge >= 0.3 is 0 Å². The number of hydrogen-bond donors (Lipinski definition) is 1. The summed E-state index contributed by atoms with van der Waals surface area (Å²) in [7, 11) is 0. The van der Waals surface area contributed by atoms with E-state index in [1.165, 1.54) is 5.57 Å². The van der Waals surface area contributed by atoms with Gasteiger partial charge in [0.2, 0.25) is 0 Å². The van der Waals surface area contributed by atoms with Crippen LogP contribution in [0.15, 0.2) is 12.2 Å². The minimum Gasteiger partial charge on any atom is -0.392 e. The van der Waals surface area contributed by atoms with Crippen LogP contribution < -0.4 is 0 Å². The van der Waals surface area contributed by atoms with Crippen molar-refractivity contribution in [2.24, 2.45) is 11.8 Å². The average Bonchev–Trinajstić information content (AvgIpc) is 2.44. The Balaban J connectivity index is 2.35. The fourth-order valence-electron chi connectivity index (χ4n) is 1.05. The molecule has 1 aliphatic carbocycles. The van der Waals surface area contributed by atoms with Gasteiger partial charge in [-0.05, 0) is 12.3 Å². The van der Waals surface area contributed by atoms with Crippen molar-refractivity contribution >= 4 is 0 Å². The highest BCUT2D eigenvalue weighted by Gasteiger charge is 2.35. The van der Waals surface area contributed by atoms with Crippen LogP contribution in [0.4, 0.5) is 0 Å². The van der Waals surface area contributed by atoms with E-state index in [-0.39, 0.29) is 6.10 Å². The lowest BCUT2D eigenvalue weighted by Crippen LogP contribution is -2.16. The van der Waals surface area contributed by atoms with E-state index in [1.807, 2.05) is 13.8 Å². The molecule has 0 aliphatic heterocycles. The standard InChI is InChI=1S/C8H14O/c1-5(2)8(9)7-4-6(7)3/h5,7-9H,3-4H2,1-2H3/t7-,8-/m1/s1. The van der Waals surface area contributed by atoms with E-state index in [0.717, 1.165) is 6.42 Å². The van der Waals surface area contributed by atoms with Gasteiger partial charge in [-0.25, -0.2) is 0 Å². The van der Waals surface area contributed by atoms with E-state index in [2.05, 4.69) is 6.58 Å². The quantitative estimate of drug-likeness (QED) is 0.557. The van der Waals surface area contributed by atoms with Gasteiger partial charge in [-0.3, -0.25) is 0 Å². The Hall–Kier alpha value is -0.300. The SMILES string of the molecule is C=C1C[C@H]1[C@H](O)C(C)C. The first-order chi connectivity index (χ1) is 4.13. The third-order valence-corrected chi connectivity index (χ3v) is 1.94. The van der Waals surface area contributed by atoms with Crippen LogP contribution in [-0.4, -0.2) is 11.2 Å². The maximum Gasteiger partial charge on any atom is 0.0631 e. The summed E-state index contributed by atoms with van der Waals surface area (Å²) < 4.78 is 0. The normalized spacial score (nSPS) is 28.9. The minimum absolute atomic E-state index is 0.141. The molecule has 1 rings (SSSR count). The van der Waals surface area contributed by atoms with Gasteiger partial charge in [0.05, 0.1) is 6.10 Å². The van der Waals surface area contributed by atoms with Gasteiger partial charge in [-0.15, -0.1) is 0 Å². The van der Waals surface area contributed by atoms with Crippen molar-refractivity contribution in [2.45, 2.75) is 26.4 Å². The molecule has 1 N–H and O–H groups in total. The molecule has 9 heavy (non-hydrogen) atoms. The predicted molar refractivity (Wildman–Crippen MR) is 38.1 cm³/mol. The van der Waals surface area contributed by atoms with Gasteiger partial charge in [0.15, 0.2) is 0 Å². The first-order valence-corrected chi connectivity index (χ1v) is 3.48. The van der Waals surface area contributed by atoms with Crippen molar-refractivity contribution in [1.82, 2.24) is 0 Å². The molecule has 0 bridgehead atoms. The van der Waals surface area contributed by atoms with Crippen LogP contribution in [0.2, 0.25) is 0 Å². The van der Waals surface area contributed by atoms with Crippen molar-refractivity contribution in [2.75, 3.05) is 0 Å². The van der Waals surface area contributed by atoms with Crippen LogP contribution >= 0.6 is 0 Å². The molecule has 2 atom stereocenters. The predicted octanol–water partition coefficient (Wildman–Crippen LogP) is 1.58. The third kappa shape index (κ3) is 1.33. The monoisotopic (exact) mass is 126 g/mol. The zero-order valence-corrected chi connectivity index (χ0v) is 6.09. The van der Waals surface area contributed by atoms with E-state index in [4.69, 9.17) is 0 Å². The molecule has 1 aliphatic rings. The lowest BCUT2D eigenvalue weighted by atomic mass is 10.0.